The highest BCUT2D eigenvalue weighted by molar-refractivity contribution is 7.91. The number of fused-ring (bicyclic) bond motifs is 1. The Labute approximate surface area is 309 Å². The normalized spacial score (nSPS) is 19.5. The Morgan fingerprint density at radius 1 is 0.765 bits per heavy atom. The van der Waals surface area contributed by atoms with Crippen LogP contribution in [0.25, 0.3) is 10.9 Å². The number of nitrogens with zero attached hydrogens (tertiary/aromatic N) is 4. The lowest BCUT2D eigenvalue weighted by molar-refractivity contribution is 0.0654. The number of benzene rings is 2. The zero-order chi connectivity index (χ0) is 35.6. The molecule has 1 aromatic heterocycles. The first-order chi connectivity index (χ1) is 24.8. The number of anilines is 1. The quantitative estimate of drug-likeness (QED) is 0.136. The molecule has 0 radical (unpaired) electrons. The molecule has 6 rings (SSSR count). The average Bonchev–Trinajstić information content (AvgIpc) is 3.17. The fourth-order valence-corrected chi connectivity index (χ4v) is 10.4. The minimum absolute atomic E-state index is 0.211. The molecule has 1 atom stereocenters. The van der Waals surface area contributed by atoms with E-state index >= 15 is 0 Å². The van der Waals surface area contributed by atoms with Gasteiger partial charge in [-0.25, -0.2) is 8.42 Å². The van der Waals surface area contributed by atoms with E-state index in [1.165, 1.54) is 89.9 Å². The number of sulfone groups is 1. The van der Waals surface area contributed by atoms with Crippen LogP contribution in [0.5, 0.6) is 5.75 Å². The van der Waals surface area contributed by atoms with Crippen molar-refractivity contribution in [3.63, 3.8) is 0 Å². The van der Waals surface area contributed by atoms with E-state index in [2.05, 4.69) is 26.6 Å². The Kier molecular flexibility index (Phi) is 13.8. The number of aromatic nitrogens is 1. The largest absolute Gasteiger partial charge is 0.494 e. The summed E-state index contributed by atoms with van der Waals surface area (Å²) in [6.07, 6.45) is 21.6. The number of hydrogen-bond donors (Lipinski definition) is 0. The molecule has 51 heavy (non-hydrogen) atoms. The van der Waals surface area contributed by atoms with E-state index in [4.69, 9.17) is 4.74 Å². The van der Waals surface area contributed by atoms with Crippen LogP contribution in [-0.2, 0) is 20.6 Å². The highest BCUT2D eigenvalue weighted by Crippen LogP contribution is 2.39. The molecule has 4 heterocycles. The Balaban J connectivity index is 1.14. The monoisotopic (exact) mass is 736 g/mol. The Morgan fingerprint density at radius 2 is 1.37 bits per heavy atom. The number of ether oxygens (including phenoxy) is 1. The smallest absolute Gasteiger partial charge is 0.210 e. The van der Waals surface area contributed by atoms with Gasteiger partial charge in [0.05, 0.1) is 22.7 Å². The zero-order valence-corrected chi connectivity index (χ0v) is 32.7. The predicted octanol–water partition coefficient (Wildman–Crippen LogP) is 8.24. The molecule has 0 saturated carbocycles. The van der Waals surface area contributed by atoms with Gasteiger partial charge < -0.3 is 19.4 Å². The van der Waals surface area contributed by atoms with Crippen LogP contribution in [0.4, 0.5) is 5.69 Å². The summed E-state index contributed by atoms with van der Waals surface area (Å²) in [6.45, 7) is 9.23. The summed E-state index contributed by atoms with van der Waals surface area (Å²) in [7, 11) is -5.11. The van der Waals surface area contributed by atoms with Crippen LogP contribution in [0.2, 0.25) is 0 Å². The summed E-state index contributed by atoms with van der Waals surface area (Å²) in [4.78, 5) is 13.4. The van der Waals surface area contributed by atoms with Gasteiger partial charge in [0.15, 0.2) is 0 Å². The first kappa shape index (κ1) is 38.2. The topological polar surface area (TPSA) is 83.0 Å². The molecule has 8 nitrogen and oxygen atoms in total. The minimum Gasteiger partial charge on any atom is -0.494 e. The molecule has 3 aromatic rings. The Bertz CT molecular complexity index is 1680. The lowest BCUT2D eigenvalue weighted by atomic mass is 9.95. The molecule has 3 saturated heterocycles. The SMILES string of the molecule is CCCCCCCCCCOc1ccc(S(=O)(=O)c2cnc3ccc(S(C)=O)cc3c2N2CCC(N3CCC(N4CCCCC4)CC3)CC2)cc1. The van der Waals surface area contributed by atoms with Crippen LogP contribution in [0.15, 0.2) is 63.3 Å². The molecule has 3 fully saturated rings. The van der Waals surface area contributed by atoms with Gasteiger partial charge in [-0.3, -0.25) is 9.19 Å². The van der Waals surface area contributed by atoms with Crippen LogP contribution >= 0.6 is 0 Å². The van der Waals surface area contributed by atoms with Crippen LogP contribution in [0, 0.1) is 0 Å². The molecule has 0 aliphatic carbocycles. The van der Waals surface area contributed by atoms with E-state index in [0.717, 1.165) is 63.3 Å². The Hall–Kier alpha value is -2.53. The summed E-state index contributed by atoms with van der Waals surface area (Å²) in [5.41, 5.74) is 1.40. The van der Waals surface area contributed by atoms with Crippen molar-refractivity contribution in [2.45, 2.75) is 130 Å². The molecule has 0 N–H and O–H groups in total. The molecule has 0 bridgehead atoms. The highest BCUT2D eigenvalue weighted by Gasteiger charge is 2.33. The molecular formula is C41H60N4O4S2. The standard InChI is InChI=1S/C41H60N4O4S2/c1-3-4-5-6-7-8-9-13-30-49-35-14-17-37(18-15-35)51(47,48)40-32-42-39-19-16-36(50(2)46)31-38(39)41(40)45-28-22-34(23-29-45)44-26-20-33(21-27-44)43-24-11-10-12-25-43/h14-19,31-34H,3-13,20-30H2,1-2H3. The Morgan fingerprint density at radius 3 is 2.02 bits per heavy atom. The molecule has 3 aliphatic heterocycles. The third-order valence-electron chi connectivity index (χ3n) is 11.5. The molecule has 2 aromatic carbocycles. The molecule has 0 spiro atoms. The van der Waals surface area contributed by atoms with Crippen LogP contribution < -0.4 is 9.64 Å². The number of likely N-dealkylation sites (tertiary alicyclic amines) is 2. The van der Waals surface area contributed by atoms with Gasteiger partial charge in [-0.1, -0.05) is 58.3 Å². The van der Waals surface area contributed by atoms with Gasteiger partial charge in [0.1, 0.15) is 10.6 Å². The summed E-state index contributed by atoms with van der Waals surface area (Å²) < 4.78 is 47.3. The number of rotatable bonds is 16. The van der Waals surface area contributed by atoms with Gasteiger partial charge in [-0.05, 0) is 114 Å². The number of pyridine rings is 1. The van der Waals surface area contributed by atoms with Crippen molar-refractivity contribution in [1.82, 2.24) is 14.8 Å². The van der Waals surface area contributed by atoms with E-state index in [1.807, 2.05) is 18.2 Å². The first-order valence-electron chi connectivity index (χ1n) is 19.8. The van der Waals surface area contributed by atoms with Gasteiger partial charge in [-0.2, -0.15) is 0 Å². The minimum atomic E-state index is -3.90. The van der Waals surface area contributed by atoms with Crippen molar-refractivity contribution in [3.05, 3.63) is 48.7 Å². The van der Waals surface area contributed by atoms with Gasteiger partial charge >= 0.3 is 0 Å². The maximum atomic E-state index is 14.4. The zero-order valence-electron chi connectivity index (χ0n) is 31.1. The first-order valence-corrected chi connectivity index (χ1v) is 22.9. The van der Waals surface area contributed by atoms with Crippen LogP contribution in [0.1, 0.15) is 103 Å². The summed E-state index contributed by atoms with van der Waals surface area (Å²) in [6, 6.07) is 13.7. The van der Waals surface area contributed by atoms with E-state index in [-0.39, 0.29) is 9.79 Å². The fraction of sp³-hybridized carbons (Fsp3) is 0.634. The summed E-state index contributed by atoms with van der Waals surface area (Å²) in [5.74, 6) is 0.686. The maximum absolute atomic E-state index is 14.4. The van der Waals surface area contributed by atoms with Crippen molar-refractivity contribution in [1.29, 1.82) is 0 Å². The van der Waals surface area contributed by atoms with Crippen molar-refractivity contribution in [3.8, 4) is 5.75 Å². The molecule has 280 valence electrons. The van der Waals surface area contributed by atoms with Gasteiger partial charge in [0, 0.05) is 58.7 Å². The lowest BCUT2D eigenvalue weighted by Gasteiger charge is -2.45. The average molecular weight is 737 g/mol. The van der Waals surface area contributed by atoms with E-state index < -0.39 is 20.6 Å². The molecule has 3 aliphatic rings. The van der Waals surface area contributed by atoms with Crippen molar-refractivity contribution >= 4 is 37.2 Å². The number of piperidine rings is 3. The fourth-order valence-electron chi connectivity index (χ4n) is 8.46. The maximum Gasteiger partial charge on any atom is 0.210 e. The number of hydrogen-bond acceptors (Lipinski definition) is 8. The second-order valence-corrected chi connectivity index (χ2v) is 18.3. The van der Waals surface area contributed by atoms with Crippen molar-refractivity contribution < 1.29 is 17.4 Å². The van der Waals surface area contributed by atoms with Crippen LogP contribution in [0.3, 0.4) is 0 Å². The summed E-state index contributed by atoms with van der Waals surface area (Å²) >= 11 is 0. The third-order valence-corrected chi connectivity index (χ3v) is 14.2. The van der Waals surface area contributed by atoms with Crippen LogP contribution in [-0.4, -0.2) is 91.6 Å². The highest BCUT2D eigenvalue weighted by atomic mass is 32.2. The summed E-state index contributed by atoms with van der Waals surface area (Å²) in [5, 5.41) is 0.745. The molecule has 0 amide bonds. The van der Waals surface area contributed by atoms with Crippen molar-refractivity contribution in [2.24, 2.45) is 0 Å². The van der Waals surface area contributed by atoms with Gasteiger partial charge in [0.25, 0.3) is 0 Å². The second kappa shape index (κ2) is 18.5. The third kappa shape index (κ3) is 9.72. The predicted molar refractivity (Wildman–Crippen MR) is 209 cm³/mol. The van der Waals surface area contributed by atoms with E-state index in [0.29, 0.717) is 34.5 Å². The lowest BCUT2D eigenvalue weighted by Crippen LogP contribution is -2.52. The molecular weight excluding hydrogens is 677 g/mol. The van der Waals surface area contributed by atoms with E-state index in [1.54, 1.807) is 30.5 Å². The van der Waals surface area contributed by atoms with E-state index in [9.17, 15) is 12.6 Å². The van der Waals surface area contributed by atoms with Gasteiger partial charge in [-0.15, -0.1) is 0 Å². The van der Waals surface area contributed by atoms with Crippen molar-refractivity contribution in [2.75, 3.05) is 57.0 Å². The molecule has 10 heteroatoms. The number of unbranched alkanes of at least 4 members (excludes halogenated alkanes) is 7. The molecule has 1 unspecified atom stereocenters. The van der Waals surface area contributed by atoms with Gasteiger partial charge in [0.2, 0.25) is 9.84 Å². The second-order valence-electron chi connectivity index (χ2n) is 15.0.